The van der Waals surface area contributed by atoms with Crippen LogP contribution in [-0.2, 0) is 11.0 Å². The molecule has 2 unspecified atom stereocenters. The number of nitrogens with zero attached hydrogens (tertiary/aromatic N) is 2. The van der Waals surface area contributed by atoms with Crippen LogP contribution in [0, 0.1) is 11.8 Å². The van der Waals surface area contributed by atoms with Gasteiger partial charge in [-0.1, -0.05) is 17.8 Å². The van der Waals surface area contributed by atoms with Gasteiger partial charge in [-0.3, -0.25) is 4.79 Å². The molecule has 5 nitrogen and oxygen atoms in total. The number of carboxylic acids is 1. The predicted octanol–water partition coefficient (Wildman–Crippen LogP) is 2.47. The highest BCUT2D eigenvalue weighted by atomic mass is 32.1. The predicted molar refractivity (Wildman–Crippen MR) is 61.9 cm³/mol. The first-order valence-corrected chi connectivity index (χ1v) is 6.57. The Morgan fingerprint density at radius 1 is 1.42 bits per heavy atom. The third-order valence-electron chi connectivity index (χ3n) is 3.16. The van der Waals surface area contributed by atoms with Gasteiger partial charge in [0.1, 0.15) is 0 Å². The van der Waals surface area contributed by atoms with Gasteiger partial charge < -0.3 is 10.4 Å². The summed E-state index contributed by atoms with van der Waals surface area (Å²) in [6.45, 7) is 0.309. The minimum atomic E-state index is -4.49. The molecule has 1 fully saturated rings. The van der Waals surface area contributed by atoms with Gasteiger partial charge in [-0.25, -0.2) is 0 Å². The van der Waals surface area contributed by atoms with Gasteiger partial charge in [-0.05, 0) is 18.8 Å². The molecule has 1 aliphatic carbocycles. The number of hydrogen-bond donors (Lipinski definition) is 2. The quantitative estimate of drug-likeness (QED) is 0.892. The van der Waals surface area contributed by atoms with Crippen molar-refractivity contribution < 1.29 is 23.1 Å². The van der Waals surface area contributed by atoms with E-state index in [2.05, 4.69) is 15.5 Å². The molecule has 0 aromatic carbocycles. The molecule has 2 N–H and O–H groups in total. The summed E-state index contributed by atoms with van der Waals surface area (Å²) in [4.78, 5) is 11.0. The molecule has 0 aliphatic heterocycles. The number of rotatable bonds is 4. The molecule has 1 aromatic rings. The van der Waals surface area contributed by atoms with Crippen molar-refractivity contribution in [2.45, 2.75) is 25.4 Å². The number of aliphatic carboxylic acids is 1. The second kappa shape index (κ2) is 5.32. The summed E-state index contributed by atoms with van der Waals surface area (Å²) in [6, 6.07) is 0. The maximum absolute atomic E-state index is 12.3. The second-order valence-corrected chi connectivity index (χ2v) is 5.40. The zero-order chi connectivity index (χ0) is 14.0. The van der Waals surface area contributed by atoms with Crippen LogP contribution in [0.5, 0.6) is 0 Å². The lowest BCUT2D eigenvalue weighted by Crippen LogP contribution is -2.24. The van der Waals surface area contributed by atoms with Crippen molar-refractivity contribution in [2.24, 2.45) is 11.8 Å². The molecule has 1 heterocycles. The molecule has 0 spiro atoms. The van der Waals surface area contributed by atoms with Crippen LogP contribution in [-0.4, -0.2) is 27.8 Å². The van der Waals surface area contributed by atoms with Gasteiger partial charge in [0.25, 0.3) is 0 Å². The van der Waals surface area contributed by atoms with E-state index in [0.29, 0.717) is 24.3 Å². The number of halogens is 3. The Morgan fingerprint density at radius 2 is 2.16 bits per heavy atom. The van der Waals surface area contributed by atoms with E-state index in [9.17, 15) is 18.0 Å². The number of carboxylic acid groups (broad SMARTS) is 1. The van der Waals surface area contributed by atoms with E-state index >= 15 is 0 Å². The molecule has 106 valence electrons. The summed E-state index contributed by atoms with van der Waals surface area (Å²) in [5.74, 6) is -1.35. The number of hydrogen-bond acceptors (Lipinski definition) is 5. The maximum atomic E-state index is 12.3. The zero-order valence-electron chi connectivity index (χ0n) is 9.78. The fourth-order valence-electron chi connectivity index (χ4n) is 2.23. The Hall–Kier alpha value is -1.38. The first kappa shape index (κ1) is 14.0. The average molecular weight is 295 g/mol. The van der Waals surface area contributed by atoms with Gasteiger partial charge in [0.05, 0.1) is 5.92 Å². The standard InChI is InChI=1S/C10H12F3N3O2S/c11-10(12,13)8-15-16-9(19-8)14-4-5-2-1-3-6(5)7(17)18/h5-6H,1-4H2,(H,14,16)(H,17,18). The van der Waals surface area contributed by atoms with Gasteiger partial charge in [0.15, 0.2) is 0 Å². The van der Waals surface area contributed by atoms with Crippen LogP contribution in [0.4, 0.5) is 18.3 Å². The molecule has 2 rings (SSSR count). The SMILES string of the molecule is O=C(O)C1CCCC1CNc1nnc(C(F)(F)F)s1. The fourth-order valence-corrected chi connectivity index (χ4v) is 2.85. The lowest BCUT2D eigenvalue weighted by molar-refractivity contribution is -0.142. The Morgan fingerprint density at radius 3 is 2.74 bits per heavy atom. The van der Waals surface area contributed by atoms with Crippen LogP contribution in [0.25, 0.3) is 0 Å². The molecule has 0 radical (unpaired) electrons. The first-order chi connectivity index (χ1) is 8.88. The first-order valence-electron chi connectivity index (χ1n) is 5.75. The number of aromatic nitrogens is 2. The molecule has 9 heteroatoms. The van der Waals surface area contributed by atoms with Gasteiger partial charge in [0.2, 0.25) is 10.1 Å². The third kappa shape index (κ3) is 3.34. The largest absolute Gasteiger partial charge is 0.481 e. The lowest BCUT2D eigenvalue weighted by atomic mass is 9.96. The molecule has 0 saturated heterocycles. The van der Waals surface area contributed by atoms with Gasteiger partial charge >= 0.3 is 12.1 Å². The third-order valence-corrected chi connectivity index (χ3v) is 4.09. The van der Waals surface area contributed by atoms with Crippen molar-refractivity contribution >= 4 is 22.4 Å². The molecule has 1 saturated carbocycles. The molecular weight excluding hydrogens is 283 g/mol. The number of nitrogens with one attached hydrogen (secondary N) is 1. The van der Waals surface area contributed by atoms with Gasteiger partial charge in [-0.2, -0.15) is 13.2 Å². The minimum Gasteiger partial charge on any atom is -0.481 e. The van der Waals surface area contributed by atoms with E-state index in [1.54, 1.807) is 0 Å². The Bertz CT molecular complexity index is 463. The summed E-state index contributed by atoms with van der Waals surface area (Å²) < 4.78 is 36.9. The van der Waals surface area contributed by atoms with Crippen molar-refractivity contribution in [1.82, 2.24) is 10.2 Å². The van der Waals surface area contributed by atoms with Crippen LogP contribution >= 0.6 is 11.3 Å². The monoisotopic (exact) mass is 295 g/mol. The molecule has 0 amide bonds. The summed E-state index contributed by atoms with van der Waals surface area (Å²) >= 11 is 0.427. The van der Waals surface area contributed by atoms with Crippen molar-refractivity contribution in [3.8, 4) is 0 Å². The van der Waals surface area contributed by atoms with Gasteiger partial charge in [0, 0.05) is 6.54 Å². The minimum absolute atomic E-state index is 0.0726. The second-order valence-electron chi connectivity index (χ2n) is 4.43. The Kier molecular flexibility index (Phi) is 3.93. The molecule has 19 heavy (non-hydrogen) atoms. The number of alkyl halides is 3. The Balaban J connectivity index is 1.92. The van der Waals surface area contributed by atoms with Crippen LogP contribution in [0.2, 0.25) is 0 Å². The zero-order valence-corrected chi connectivity index (χ0v) is 10.6. The van der Waals surface area contributed by atoms with E-state index < -0.39 is 23.1 Å². The fraction of sp³-hybridized carbons (Fsp3) is 0.700. The maximum Gasteiger partial charge on any atom is 0.445 e. The molecular formula is C10H12F3N3O2S. The van der Waals surface area contributed by atoms with Crippen molar-refractivity contribution in [3.05, 3.63) is 5.01 Å². The molecule has 1 aromatic heterocycles. The smallest absolute Gasteiger partial charge is 0.445 e. The highest BCUT2D eigenvalue weighted by molar-refractivity contribution is 7.15. The van der Waals surface area contributed by atoms with Crippen molar-refractivity contribution in [2.75, 3.05) is 11.9 Å². The number of carbonyl (C=O) groups is 1. The lowest BCUT2D eigenvalue weighted by Gasteiger charge is -2.15. The van der Waals surface area contributed by atoms with E-state index in [1.165, 1.54) is 0 Å². The van der Waals surface area contributed by atoms with Crippen LogP contribution < -0.4 is 5.32 Å². The van der Waals surface area contributed by atoms with E-state index in [0.717, 1.165) is 12.8 Å². The highest BCUT2D eigenvalue weighted by Gasteiger charge is 2.36. The molecule has 0 bridgehead atoms. The van der Waals surface area contributed by atoms with Crippen molar-refractivity contribution in [1.29, 1.82) is 0 Å². The van der Waals surface area contributed by atoms with E-state index in [1.807, 2.05) is 0 Å². The van der Waals surface area contributed by atoms with Crippen molar-refractivity contribution in [3.63, 3.8) is 0 Å². The topological polar surface area (TPSA) is 75.1 Å². The molecule has 2 atom stereocenters. The van der Waals surface area contributed by atoms with Crippen LogP contribution in [0.3, 0.4) is 0 Å². The van der Waals surface area contributed by atoms with Crippen LogP contribution in [0.1, 0.15) is 24.3 Å². The summed E-state index contributed by atoms with van der Waals surface area (Å²) in [5.41, 5.74) is 0. The van der Waals surface area contributed by atoms with Crippen LogP contribution in [0.15, 0.2) is 0 Å². The van der Waals surface area contributed by atoms with Gasteiger partial charge in [-0.15, -0.1) is 10.2 Å². The summed E-state index contributed by atoms with van der Waals surface area (Å²) in [5, 5.41) is 17.3. The summed E-state index contributed by atoms with van der Waals surface area (Å²) in [6.07, 6.45) is -2.29. The van der Waals surface area contributed by atoms with E-state index in [-0.39, 0.29) is 11.0 Å². The number of anilines is 1. The molecule has 1 aliphatic rings. The average Bonchev–Trinajstić information content (AvgIpc) is 2.94. The van der Waals surface area contributed by atoms with E-state index in [4.69, 9.17) is 5.11 Å². The highest BCUT2D eigenvalue weighted by Crippen LogP contribution is 2.35. The Labute approximate surface area is 110 Å². The summed E-state index contributed by atoms with van der Waals surface area (Å²) in [7, 11) is 0. The normalized spacial score (nSPS) is 23.5.